The fraction of sp³-hybridized carbons (Fsp3) is 0.889. The van der Waals surface area contributed by atoms with Crippen LogP contribution in [-0.2, 0) is 4.79 Å². The molecule has 1 saturated carbocycles. The van der Waals surface area contributed by atoms with Crippen LogP contribution in [0.3, 0.4) is 0 Å². The van der Waals surface area contributed by atoms with Gasteiger partial charge in [-0.1, -0.05) is 13.8 Å². The summed E-state index contributed by atoms with van der Waals surface area (Å²) >= 11 is 0. The Labute approximate surface area is 72.9 Å². The Morgan fingerprint density at radius 1 is 1.50 bits per heavy atom. The molecule has 0 radical (unpaired) electrons. The lowest BCUT2D eigenvalue weighted by Gasteiger charge is -2.21. The zero-order valence-electron chi connectivity index (χ0n) is 7.66. The molecule has 0 unspecified atom stereocenters. The molecule has 12 heavy (non-hydrogen) atoms. The molecule has 1 aliphatic carbocycles. The summed E-state index contributed by atoms with van der Waals surface area (Å²) in [5.41, 5.74) is 5.84. The van der Waals surface area contributed by atoms with E-state index in [1.807, 2.05) is 0 Å². The first-order chi connectivity index (χ1) is 5.54. The molecule has 0 bridgehead atoms. The van der Waals surface area contributed by atoms with Crippen LogP contribution in [0.2, 0.25) is 0 Å². The Morgan fingerprint density at radius 3 is 2.33 bits per heavy atom. The van der Waals surface area contributed by atoms with Crippen LogP contribution >= 0.6 is 0 Å². The van der Waals surface area contributed by atoms with Crippen molar-refractivity contribution in [1.29, 1.82) is 0 Å². The van der Waals surface area contributed by atoms with Crippen LogP contribution in [0.1, 0.15) is 26.7 Å². The summed E-state index contributed by atoms with van der Waals surface area (Å²) in [5.74, 6) is -0.140. The predicted octanol–water partition coefficient (Wildman–Crippen LogP) is 1.08. The van der Waals surface area contributed by atoms with Gasteiger partial charge in [0.2, 0.25) is 0 Å². The van der Waals surface area contributed by atoms with E-state index in [0.29, 0.717) is 11.8 Å². The Balaban J connectivity index is 2.61. The van der Waals surface area contributed by atoms with Crippen LogP contribution in [-0.4, -0.2) is 17.1 Å². The maximum Gasteiger partial charge on any atom is 0.308 e. The molecule has 0 aromatic rings. The van der Waals surface area contributed by atoms with Gasteiger partial charge in [0, 0.05) is 6.04 Å². The van der Waals surface area contributed by atoms with Crippen LogP contribution in [0, 0.1) is 17.8 Å². The summed E-state index contributed by atoms with van der Waals surface area (Å²) in [6, 6.07) is -0.137. The van der Waals surface area contributed by atoms with Crippen LogP contribution < -0.4 is 5.73 Å². The quantitative estimate of drug-likeness (QED) is 0.653. The maximum absolute atomic E-state index is 10.7. The zero-order valence-corrected chi connectivity index (χ0v) is 7.66. The lowest BCUT2D eigenvalue weighted by Crippen LogP contribution is -2.37. The number of aliphatic carboxylic acids is 1. The molecule has 0 spiro atoms. The zero-order chi connectivity index (χ0) is 9.30. The predicted molar refractivity (Wildman–Crippen MR) is 46.7 cm³/mol. The molecule has 0 amide bonds. The number of hydrogen-bond donors (Lipinski definition) is 2. The minimum absolute atomic E-state index is 0.137. The van der Waals surface area contributed by atoms with Crippen molar-refractivity contribution >= 4 is 5.97 Å². The van der Waals surface area contributed by atoms with Crippen molar-refractivity contribution < 1.29 is 9.90 Å². The second kappa shape index (κ2) is 3.44. The molecule has 70 valence electrons. The Hall–Kier alpha value is -0.570. The summed E-state index contributed by atoms with van der Waals surface area (Å²) in [7, 11) is 0. The molecule has 3 nitrogen and oxygen atoms in total. The van der Waals surface area contributed by atoms with E-state index in [-0.39, 0.29) is 12.0 Å². The van der Waals surface area contributed by atoms with E-state index in [0.717, 1.165) is 12.8 Å². The van der Waals surface area contributed by atoms with E-state index < -0.39 is 5.97 Å². The second-order valence-electron chi connectivity index (χ2n) is 4.01. The van der Waals surface area contributed by atoms with Crippen LogP contribution in [0.25, 0.3) is 0 Å². The SMILES string of the molecule is CC(C)[C@@H]1CC[C@@H](C(=O)O)[C@H]1N. The number of carboxylic acid groups (broad SMARTS) is 1. The van der Waals surface area contributed by atoms with Crippen molar-refractivity contribution in [2.75, 3.05) is 0 Å². The molecular formula is C9H17NO2. The highest BCUT2D eigenvalue weighted by atomic mass is 16.4. The third-order valence-corrected chi connectivity index (χ3v) is 2.94. The Kier molecular flexibility index (Phi) is 2.73. The number of rotatable bonds is 2. The number of carbonyl (C=O) groups is 1. The van der Waals surface area contributed by atoms with Crippen molar-refractivity contribution in [3.8, 4) is 0 Å². The Morgan fingerprint density at radius 2 is 2.08 bits per heavy atom. The summed E-state index contributed by atoms with van der Waals surface area (Å²) < 4.78 is 0. The van der Waals surface area contributed by atoms with Gasteiger partial charge in [-0.05, 0) is 24.7 Å². The molecule has 3 atom stereocenters. The van der Waals surface area contributed by atoms with Gasteiger partial charge in [0.1, 0.15) is 0 Å². The number of carboxylic acids is 1. The largest absolute Gasteiger partial charge is 0.481 e. The lowest BCUT2D eigenvalue weighted by atomic mass is 9.89. The van der Waals surface area contributed by atoms with E-state index in [2.05, 4.69) is 13.8 Å². The highest BCUT2D eigenvalue weighted by Gasteiger charge is 2.38. The number of hydrogen-bond acceptors (Lipinski definition) is 2. The minimum Gasteiger partial charge on any atom is -0.481 e. The van der Waals surface area contributed by atoms with E-state index >= 15 is 0 Å². The van der Waals surface area contributed by atoms with E-state index in [1.54, 1.807) is 0 Å². The summed E-state index contributed by atoms with van der Waals surface area (Å²) in [4.78, 5) is 10.7. The first-order valence-electron chi connectivity index (χ1n) is 4.52. The first kappa shape index (κ1) is 9.52. The van der Waals surface area contributed by atoms with Gasteiger partial charge in [-0.2, -0.15) is 0 Å². The van der Waals surface area contributed by atoms with Crippen molar-refractivity contribution in [3.63, 3.8) is 0 Å². The van der Waals surface area contributed by atoms with Gasteiger partial charge in [0.05, 0.1) is 5.92 Å². The third-order valence-electron chi connectivity index (χ3n) is 2.94. The van der Waals surface area contributed by atoms with E-state index in [4.69, 9.17) is 10.8 Å². The number of nitrogens with two attached hydrogens (primary N) is 1. The minimum atomic E-state index is -0.731. The molecule has 1 aliphatic rings. The fourth-order valence-electron chi connectivity index (χ4n) is 2.12. The smallest absolute Gasteiger partial charge is 0.308 e. The van der Waals surface area contributed by atoms with E-state index in [9.17, 15) is 4.79 Å². The van der Waals surface area contributed by atoms with Crippen molar-refractivity contribution in [2.24, 2.45) is 23.5 Å². The van der Waals surface area contributed by atoms with Gasteiger partial charge in [-0.15, -0.1) is 0 Å². The van der Waals surface area contributed by atoms with Crippen LogP contribution in [0.4, 0.5) is 0 Å². The monoisotopic (exact) mass is 171 g/mol. The Bertz CT molecular complexity index is 179. The third kappa shape index (κ3) is 1.61. The topological polar surface area (TPSA) is 63.3 Å². The molecule has 1 fully saturated rings. The molecule has 0 aromatic heterocycles. The van der Waals surface area contributed by atoms with Gasteiger partial charge in [-0.3, -0.25) is 4.79 Å². The molecule has 3 N–H and O–H groups in total. The molecule has 3 heteroatoms. The maximum atomic E-state index is 10.7. The van der Waals surface area contributed by atoms with Gasteiger partial charge in [0.15, 0.2) is 0 Å². The van der Waals surface area contributed by atoms with E-state index in [1.165, 1.54) is 0 Å². The molecule has 1 rings (SSSR count). The van der Waals surface area contributed by atoms with Gasteiger partial charge in [-0.25, -0.2) is 0 Å². The van der Waals surface area contributed by atoms with Crippen molar-refractivity contribution in [3.05, 3.63) is 0 Å². The van der Waals surface area contributed by atoms with Crippen LogP contribution in [0.15, 0.2) is 0 Å². The van der Waals surface area contributed by atoms with Gasteiger partial charge < -0.3 is 10.8 Å². The van der Waals surface area contributed by atoms with Gasteiger partial charge in [0.25, 0.3) is 0 Å². The van der Waals surface area contributed by atoms with Crippen LogP contribution in [0.5, 0.6) is 0 Å². The molecule has 0 heterocycles. The molecular weight excluding hydrogens is 154 g/mol. The highest BCUT2D eigenvalue weighted by Crippen LogP contribution is 2.34. The molecule has 0 saturated heterocycles. The summed E-state index contributed by atoms with van der Waals surface area (Å²) in [6.45, 7) is 4.21. The lowest BCUT2D eigenvalue weighted by molar-refractivity contribution is -0.142. The first-order valence-corrected chi connectivity index (χ1v) is 4.52. The standard InChI is InChI=1S/C9H17NO2/c1-5(2)6-3-4-7(8(6)10)9(11)12/h5-8H,3-4,10H2,1-2H3,(H,11,12)/t6-,7+,8-/m0/s1. The average Bonchev–Trinajstić information content (AvgIpc) is 2.30. The second-order valence-corrected chi connectivity index (χ2v) is 4.01. The summed E-state index contributed by atoms with van der Waals surface area (Å²) in [5, 5.41) is 8.80. The fourth-order valence-corrected chi connectivity index (χ4v) is 2.12. The van der Waals surface area contributed by atoms with Crippen molar-refractivity contribution in [2.45, 2.75) is 32.7 Å². The molecule has 0 aromatic carbocycles. The van der Waals surface area contributed by atoms with Crippen molar-refractivity contribution in [1.82, 2.24) is 0 Å². The highest BCUT2D eigenvalue weighted by molar-refractivity contribution is 5.71. The molecule has 0 aliphatic heterocycles. The summed E-state index contributed by atoms with van der Waals surface area (Å²) in [6.07, 6.45) is 1.72. The average molecular weight is 171 g/mol. The normalized spacial score (nSPS) is 35.8. The van der Waals surface area contributed by atoms with Gasteiger partial charge >= 0.3 is 5.97 Å².